The lowest BCUT2D eigenvalue weighted by molar-refractivity contribution is -0.118. The number of Topliss-reactive ketones (excluding diaryl/α,β-unsaturated/α-hetero) is 1. The second-order valence-electron chi connectivity index (χ2n) is 4.08. The number of hydrogen-bond donors (Lipinski definition) is 1. The van der Waals surface area contributed by atoms with Crippen LogP contribution in [-0.2, 0) is 16.1 Å². The number of aryl methyl sites for hydroxylation is 2. The lowest BCUT2D eigenvalue weighted by atomic mass is 10.1. The molecule has 0 saturated heterocycles. The van der Waals surface area contributed by atoms with E-state index in [2.05, 4.69) is 0 Å². The first-order chi connectivity index (χ1) is 7.50. The molecule has 0 unspecified atom stereocenters. The average Bonchev–Trinajstić information content (AvgIpc) is 2.20. The van der Waals surface area contributed by atoms with E-state index in [-0.39, 0.29) is 5.78 Å². The van der Waals surface area contributed by atoms with Crippen LogP contribution < -0.4 is 0 Å². The van der Waals surface area contributed by atoms with Crippen molar-refractivity contribution in [2.75, 3.05) is 6.61 Å². The molecule has 3 heteroatoms. The molecule has 0 aromatic heterocycles. The molecule has 0 atom stereocenters. The number of phenols is 1. The molecule has 0 bridgehead atoms. The van der Waals surface area contributed by atoms with Gasteiger partial charge in [0, 0.05) is 6.42 Å². The van der Waals surface area contributed by atoms with Crippen molar-refractivity contribution in [3.05, 3.63) is 28.8 Å². The molecular weight excluding hydrogens is 204 g/mol. The molecule has 1 aromatic carbocycles. The van der Waals surface area contributed by atoms with E-state index in [9.17, 15) is 9.90 Å². The molecule has 0 aliphatic carbocycles. The van der Waals surface area contributed by atoms with Crippen LogP contribution in [0.4, 0.5) is 0 Å². The van der Waals surface area contributed by atoms with Crippen LogP contribution >= 0.6 is 0 Å². The zero-order valence-electron chi connectivity index (χ0n) is 10.0. The summed E-state index contributed by atoms with van der Waals surface area (Å²) in [6, 6.07) is 3.80. The number of ketones is 1. The monoisotopic (exact) mass is 222 g/mol. The van der Waals surface area contributed by atoms with Gasteiger partial charge in [-0.1, -0.05) is 12.1 Å². The zero-order chi connectivity index (χ0) is 12.1. The highest BCUT2D eigenvalue weighted by atomic mass is 16.5. The first-order valence-electron chi connectivity index (χ1n) is 5.37. The van der Waals surface area contributed by atoms with Gasteiger partial charge in [0.1, 0.15) is 11.5 Å². The van der Waals surface area contributed by atoms with Gasteiger partial charge in [0.15, 0.2) is 0 Å². The Balaban J connectivity index is 2.52. The SMILES string of the molecule is CC(=O)CCOCc1cc(C)c(O)c(C)c1. The van der Waals surface area contributed by atoms with Gasteiger partial charge in [0.05, 0.1) is 13.2 Å². The highest BCUT2D eigenvalue weighted by Gasteiger charge is 2.03. The predicted octanol–water partition coefficient (Wildman–Crippen LogP) is 2.50. The summed E-state index contributed by atoms with van der Waals surface area (Å²) in [7, 11) is 0. The normalized spacial score (nSPS) is 10.4. The fourth-order valence-corrected chi connectivity index (χ4v) is 1.53. The number of aromatic hydroxyl groups is 1. The maximum atomic E-state index is 10.7. The quantitative estimate of drug-likeness (QED) is 0.779. The van der Waals surface area contributed by atoms with Gasteiger partial charge in [-0.15, -0.1) is 0 Å². The van der Waals surface area contributed by atoms with Gasteiger partial charge in [-0.25, -0.2) is 0 Å². The fraction of sp³-hybridized carbons (Fsp3) is 0.462. The molecule has 0 saturated carbocycles. The van der Waals surface area contributed by atoms with E-state index in [4.69, 9.17) is 4.74 Å². The van der Waals surface area contributed by atoms with Crippen LogP contribution in [0.1, 0.15) is 30.0 Å². The molecule has 0 radical (unpaired) electrons. The Morgan fingerprint density at radius 1 is 1.31 bits per heavy atom. The van der Waals surface area contributed by atoms with Crippen LogP contribution in [0.25, 0.3) is 0 Å². The van der Waals surface area contributed by atoms with Crippen molar-refractivity contribution in [3.8, 4) is 5.75 Å². The maximum Gasteiger partial charge on any atom is 0.132 e. The molecule has 0 amide bonds. The van der Waals surface area contributed by atoms with E-state index in [1.165, 1.54) is 0 Å². The van der Waals surface area contributed by atoms with E-state index < -0.39 is 0 Å². The van der Waals surface area contributed by atoms with Gasteiger partial charge in [-0.3, -0.25) is 4.79 Å². The summed E-state index contributed by atoms with van der Waals surface area (Å²) in [6.07, 6.45) is 0.454. The lowest BCUT2D eigenvalue weighted by Crippen LogP contribution is -2.01. The number of carbonyl (C=O) groups excluding carboxylic acids is 1. The molecular formula is C13H18O3. The lowest BCUT2D eigenvalue weighted by Gasteiger charge is -2.08. The van der Waals surface area contributed by atoms with E-state index in [0.717, 1.165) is 16.7 Å². The molecule has 0 aliphatic heterocycles. The Labute approximate surface area is 96.1 Å². The second-order valence-corrected chi connectivity index (χ2v) is 4.08. The Morgan fingerprint density at radius 2 is 1.88 bits per heavy atom. The fourth-order valence-electron chi connectivity index (χ4n) is 1.53. The van der Waals surface area contributed by atoms with Crippen molar-refractivity contribution in [1.29, 1.82) is 0 Å². The van der Waals surface area contributed by atoms with Crippen molar-refractivity contribution in [2.24, 2.45) is 0 Å². The summed E-state index contributed by atoms with van der Waals surface area (Å²) in [6.45, 7) is 6.21. The smallest absolute Gasteiger partial charge is 0.132 e. The van der Waals surface area contributed by atoms with Crippen LogP contribution in [0.5, 0.6) is 5.75 Å². The van der Waals surface area contributed by atoms with Gasteiger partial charge >= 0.3 is 0 Å². The third-order valence-electron chi connectivity index (χ3n) is 2.42. The minimum absolute atomic E-state index is 0.137. The molecule has 1 aromatic rings. The number of ether oxygens (including phenoxy) is 1. The van der Waals surface area contributed by atoms with Crippen LogP contribution in [0.15, 0.2) is 12.1 Å². The summed E-state index contributed by atoms with van der Waals surface area (Å²) in [4.78, 5) is 10.7. The molecule has 1 rings (SSSR count). The Morgan fingerprint density at radius 3 is 2.38 bits per heavy atom. The molecule has 1 N–H and O–H groups in total. The van der Waals surface area contributed by atoms with Crippen LogP contribution in [-0.4, -0.2) is 17.5 Å². The number of phenolic OH excluding ortho intramolecular Hbond substituents is 1. The first kappa shape index (κ1) is 12.7. The minimum atomic E-state index is 0.137. The van der Waals surface area contributed by atoms with E-state index in [1.54, 1.807) is 6.92 Å². The summed E-state index contributed by atoms with van der Waals surface area (Å²) in [5.41, 5.74) is 2.73. The van der Waals surface area contributed by atoms with Gasteiger partial charge in [0.25, 0.3) is 0 Å². The van der Waals surface area contributed by atoms with Crippen molar-refractivity contribution in [1.82, 2.24) is 0 Å². The third-order valence-corrected chi connectivity index (χ3v) is 2.42. The summed E-state index contributed by atoms with van der Waals surface area (Å²) >= 11 is 0. The number of hydrogen-bond acceptors (Lipinski definition) is 3. The van der Waals surface area contributed by atoms with Gasteiger partial charge in [-0.2, -0.15) is 0 Å². The average molecular weight is 222 g/mol. The Kier molecular flexibility index (Phi) is 4.50. The van der Waals surface area contributed by atoms with Crippen molar-refractivity contribution in [2.45, 2.75) is 33.8 Å². The van der Waals surface area contributed by atoms with Crippen LogP contribution in [0, 0.1) is 13.8 Å². The summed E-state index contributed by atoms with van der Waals surface area (Å²) in [5.74, 6) is 0.477. The molecule has 3 nitrogen and oxygen atoms in total. The van der Waals surface area contributed by atoms with Crippen LogP contribution in [0.3, 0.4) is 0 Å². The van der Waals surface area contributed by atoms with Crippen molar-refractivity contribution < 1.29 is 14.6 Å². The third kappa shape index (κ3) is 3.66. The van der Waals surface area contributed by atoms with Gasteiger partial charge in [-0.05, 0) is 37.5 Å². The van der Waals surface area contributed by atoms with Crippen molar-refractivity contribution >= 4 is 5.78 Å². The predicted molar refractivity (Wildman–Crippen MR) is 62.5 cm³/mol. The number of rotatable bonds is 5. The summed E-state index contributed by atoms with van der Waals surface area (Å²) < 4.78 is 5.38. The van der Waals surface area contributed by atoms with Gasteiger partial charge in [0.2, 0.25) is 0 Å². The highest BCUT2D eigenvalue weighted by Crippen LogP contribution is 2.23. The standard InChI is InChI=1S/C13H18O3/c1-9-6-12(7-10(2)13(9)15)8-16-5-4-11(3)14/h6-7,15H,4-5,8H2,1-3H3. The Hall–Kier alpha value is -1.35. The zero-order valence-corrected chi connectivity index (χ0v) is 10.0. The largest absolute Gasteiger partial charge is 0.507 e. The highest BCUT2D eigenvalue weighted by molar-refractivity contribution is 5.75. The molecule has 88 valence electrons. The maximum absolute atomic E-state index is 10.7. The molecule has 0 fully saturated rings. The van der Waals surface area contributed by atoms with Crippen molar-refractivity contribution in [3.63, 3.8) is 0 Å². The van der Waals surface area contributed by atoms with E-state index in [0.29, 0.717) is 25.4 Å². The molecule has 0 heterocycles. The second kappa shape index (κ2) is 5.66. The molecule has 16 heavy (non-hydrogen) atoms. The van der Waals surface area contributed by atoms with E-state index in [1.807, 2.05) is 26.0 Å². The van der Waals surface area contributed by atoms with E-state index >= 15 is 0 Å². The first-order valence-corrected chi connectivity index (χ1v) is 5.37. The summed E-state index contributed by atoms with van der Waals surface area (Å²) in [5, 5.41) is 9.59. The number of benzene rings is 1. The minimum Gasteiger partial charge on any atom is -0.507 e. The Bertz CT molecular complexity index is 360. The molecule has 0 aliphatic rings. The molecule has 0 spiro atoms. The topological polar surface area (TPSA) is 46.5 Å². The van der Waals surface area contributed by atoms with Gasteiger partial charge < -0.3 is 9.84 Å². The number of carbonyl (C=O) groups is 1. The van der Waals surface area contributed by atoms with Crippen LogP contribution in [0.2, 0.25) is 0 Å².